The fourth-order valence-electron chi connectivity index (χ4n) is 3.54. The molecular weight excluding hydrogens is 444 g/mol. The Labute approximate surface area is 185 Å². The van der Waals surface area contributed by atoms with Gasteiger partial charge in [-0.05, 0) is 81.1 Å². The number of halogens is 2. The quantitative estimate of drug-likeness (QED) is 0.425. The minimum Gasteiger partial charge on any atom is -0.451 e. The lowest BCUT2D eigenvalue weighted by Crippen LogP contribution is -2.44. The van der Waals surface area contributed by atoms with Gasteiger partial charge in [-0.1, -0.05) is 10.9 Å². The zero-order chi connectivity index (χ0) is 23.5. The fraction of sp³-hybridized carbons (Fsp3) is 0.381. The molecule has 3 N–H and O–H groups in total. The number of hydrogen-bond acceptors (Lipinski definition) is 6. The summed E-state index contributed by atoms with van der Waals surface area (Å²) in [5.74, 6) is -3.95. The van der Waals surface area contributed by atoms with Crippen LogP contribution < -0.4 is 14.9 Å². The van der Waals surface area contributed by atoms with E-state index in [1.54, 1.807) is 30.8 Å². The van der Waals surface area contributed by atoms with Gasteiger partial charge >= 0.3 is 0 Å². The molecule has 0 spiro atoms. The maximum Gasteiger partial charge on any atom is 0.262 e. The zero-order valence-corrected chi connectivity index (χ0v) is 18.5. The molecule has 1 saturated heterocycles. The number of amides is 1. The van der Waals surface area contributed by atoms with Gasteiger partial charge in [-0.2, -0.15) is 0 Å². The number of aryl methyl sites for hydroxylation is 2. The van der Waals surface area contributed by atoms with Crippen molar-refractivity contribution in [1.82, 2.24) is 15.3 Å². The first-order valence-corrected chi connectivity index (χ1v) is 11.5. The molecule has 0 aromatic heterocycles. The molecule has 0 bridgehead atoms. The SMILES string of the molecule is Cc1cc(C)cc(Oc2c(F)cc(S(=O)(=O)NN(O)C(=O)CC3CCNCC3)cc2F)c1. The summed E-state index contributed by atoms with van der Waals surface area (Å²) in [5, 5.41) is 12.8. The number of carbonyl (C=O) groups excluding carboxylic acids is 1. The molecule has 1 heterocycles. The molecule has 0 atom stereocenters. The van der Waals surface area contributed by atoms with Crippen LogP contribution >= 0.6 is 0 Å². The summed E-state index contributed by atoms with van der Waals surface area (Å²) in [4.78, 5) is 12.9. The normalized spacial score (nSPS) is 14.9. The lowest BCUT2D eigenvalue weighted by atomic mass is 9.94. The maximum absolute atomic E-state index is 14.5. The molecule has 0 unspecified atom stereocenters. The Balaban J connectivity index is 1.74. The summed E-state index contributed by atoms with van der Waals surface area (Å²) in [5.41, 5.74) is 1.64. The van der Waals surface area contributed by atoms with Gasteiger partial charge in [-0.3, -0.25) is 10.0 Å². The van der Waals surface area contributed by atoms with Gasteiger partial charge in [0.2, 0.25) is 0 Å². The Morgan fingerprint density at radius 2 is 1.69 bits per heavy atom. The standard InChI is InChI=1S/C21H25F2N3O5S/c1-13-7-14(2)9-16(8-13)31-21-18(22)11-17(12-19(21)23)32(29,30)25-26(28)20(27)10-15-3-5-24-6-4-15/h7-9,11-12,15,24-25,28H,3-6,10H2,1-2H3. The van der Waals surface area contributed by atoms with E-state index in [1.165, 1.54) is 0 Å². The van der Waals surface area contributed by atoms with Gasteiger partial charge in [-0.15, -0.1) is 5.17 Å². The third kappa shape index (κ3) is 6.00. The Morgan fingerprint density at radius 1 is 1.12 bits per heavy atom. The largest absolute Gasteiger partial charge is 0.451 e. The molecule has 2 aromatic carbocycles. The molecule has 0 saturated carbocycles. The highest BCUT2D eigenvalue weighted by atomic mass is 32.2. The van der Waals surface area contributed by atoms with E-state index >= 15 is 0 Å². The second-order valence-corrected chi connectivity index (χ2v) is 9.50. The third-order valence-electron chi connectivity index (χ3n) is 5.06. The maximum atomic E-state index is 14.5. The summed E-state index contributed by atoms with van der Waals surface area (Å²) >= 11 is 0. The van der Waals surface area contributed by atoms with Crippen molar-refractivity contribution in [3.8, 4) is 11.5 Å². The van der Waals surface area contributed by atoms with E-state index in [2.05, 4.69) is 5.32 Å². The second-order valence-electron chi connectivity index (χ2n) is 7.84. The second kappa shape index (κ2) is 9.90. The highest BCUT2D eigenvalue weighted by molar-refractivity contribution is 7.89. The van der Waals surface area contributed by atoms with E-state index < -0.39 is 38.2 Å². The van der Waals surface area contributed by atoms with Crippen LogP contribution in [0.4, 0.5) is 8.78 Å². The van der Waals surface area contributed by atoms with Gasteiger partial charge < -0.3 is 10.1 Å². The average molecular weight is 470 g/mol. The lowest BCUT2D eigenvalue weighted by Gasteiger charge is -2.24. The van der Waals surface area contributed by atoms with Crippen molar-refractivity contribution in [3.05, 3.63) is 53.1 Å². The van der Waals surface area contributed by atoms with E-state index in [0.29, 0.717) is 25.0 Å². The highest BCUT2D eigenvalue weighted by Gasteiger charge is 2.27. The Hall–Kier alpha value is -2.60. The Kier molecular flexibility index (Phi) is 7.44. The van der Waals surface area contributed by atoms with Crippen molar-refractivity contribution in [2.45, 2.75) is 38.0 Å². The van der Waals surface area contributed by atoms with Crippen LogP contribution in [-0.2, 0) is 14.8 Å². The fourth-order valence-corrected chi connectivity index (χ4v) is 4.49. The lowest BCUT2D eigenvalue weighted by molar-refractivity contribution is -0.173. The smallest absolute Gasteiger partial charge is 0.262 e. The Bertz CT molecular complexity index is 1060. The third-order valence-corrected chi connectivity index (χ3v) is 6.33. The first-order chi connectivity index (χ1) is 15.0. The van der Waals surface area contributed by atoms with Crippen LogP contribution in [0.1, 0.15) is 30.4 Å². The van der Waals surface area contributed by atoms with E-state index in [1.807, 2.05) is 6.07 Å². The molecule has 1 fully saturated rings. The van der Waals surface area contributed by atoms with Crippen LogP contribution in [0.2, 0.25) is 0 Å². The van der Waals surface area contributed by atoms with E-state index in [-0.39, 0.29) is 23.3 Å². The molecule has 3 rings (SSSR count). The monoisotopic (exact) mass is 469 g/mol. The van der Waals surface area contributed by atoms with Crippen LogP contribution in [0.15, 0.2) is 35.2 Å². The van der Waals surface area contributed by atoms with Crippen molar-refractivity contribution in [1.29, 1.82) is 0 Å². The van der Waals surface area contributed by atoms with Crippen molar-refractivity contribution >= 4 is 15.9 Å². The molecule has 2 aromatic rings. The van der Waals surface area contributed by atoms with E-state index in [0.717, 1.165) is 24.2 Å². The van der Waals surface area contributed by atoms with Gasteiger partial charge in [0.1, 0.15) is 5.75 Å². The number of rotatable bonds is 7. The predicted molar refractivity (Wildman–Crippen MR) is 112 cm³/mol. The number of piperidine rings is 1. The van der Waals surface area contributed by atoms with Crippen LogP contribution in [0.3, 0.4) is 0 Å². The topological polar surface area (TPSA) is 108 Å². The van der Waals surface area contributed by atoms with Crippen molar-refractivity contribution < 1.29 is 31.9 Å². The molecule has 1 amide bonds. The molecule has 8 nitrogen and oxygen atoms in total. The van der Waals surface area contributed by atoms with Gasteiger partial charge in [0.15, 0.2) is 17.4 Å². The van der Waals surface area contributed by atoms with Crippen LogP contribution in [-0.4, -0.2) is 37.8 Å². The van der Waals surface area contributed by atoms with Gasteiger partial charge in [-0.25, -0.2) is 17.2 Å². The van der Waals surface area contributed by atoms with Gasteiger partial charge in [0.25, 0.3) is 15.9 Å². The van der Waals surface area contributed by atoms with Gasteiger partial charge in [0, 0.05) is 6.42 Å². The van der Waals surface area contributed by atoms with Crippen LogP contribution in [0.5, 0.6) is 11.5 Å². The number of ether oxygens (including phenoxy) is 1. The van der Waals surface area contributed by atoms with E-state index in [4.69, 9.17) is 4.74 Å². The molecule has 11 heteroatoms. The molecule has 1 aliphatic rings. The number of hydroxylamine groups is 1. The number of sulfonamides is 1. The first kappa shape index (κ1) is 24.1. The number of nitrogens with zero attached hydrogens (tertiary/aromatic N) is 1. The van der Waals surface area contributed by atoms with Crippen molar-refractivity contribution in [2.24, 2.45) is 5.92 Å². The summed E-state index contributed by atoms with van der Waals surface area (Å²) in [6.07, 6.45) is 1.36. The average Bonchev–Trinajstić information content (AvgIpc) is 2.70. The molecule has 0 aliphatic carbocycles. The number of nitrogens with one attached hydrogen (secondary N) is 2. The molecule has 174 valence electrons. The molecule has 32 heavy (non-hydrogen) atoms. The zero-order valence-electron chi connectivity index (χ0n) is 17.7. The summed E-state index contributed by atoms with van der Waals surface area (Å²) in [6.45, 7) is 5.04. The van der Waals surface area contributed by atoms with Gasteiger partial charge in [0.05, 0.1) is 4.90 Å². The highest BCUT2D eigenvalue weighted by Crippen LogP contribution is 2.31. The van der Waals surface area contributed by atoms with Crippen molar-refractivity contribution in [3.63, 3.8) is 0 Å². The number of benzene rings is 2. The summed E-state index contributed by atoms with van der Waals surface area (Å²) in [7, 11) is -4.64. The van der Waals surface area contributed by atoms with Crippen LogP contribution in [0.25, 0.3) is 0 Å². The summed E-state index contributed by atoms with van der Waals surface area (Å²) in [6, 6.07) is 6.11. The number of hydrazine groups is 1. The predicted octanol–water partition coefficient (Wildman–Crippen LogP) is 3.17. The first-order valence-electron chi connectivity index (χ1n) is 10.1. The number of carbonyl (C=O) groups is 1. The minimum atomic E-state index is -4.64. The Morgan fingerprint density at radius 3 is 2.25 bits per heavy atom. The van der Waals surface area contributed by atoms with E-state index in [9.17, 15) is 27.2 Å². The number of hydrogen-bond donors (Lipinski definition) is 3. The molecule has 1 aliphatic heterocycles. The molecule has 0 radical (unpaired) electrons. The van der Waals surface area contributed by atoms with Crippen LogP contribution in [0, 0.1) is 31.4 Å². The molecular formula is C21H25F2N3O5S. The van der Waals surface area contributed by atoms with Crippen molar-refractivity contribution in [2.75, 3.05) is 13.1 Å². The minimum absolute atomic E-state index is 0.000477. The summed E-state index contributed by atoms with van der Waals surface area (Å²) < 4.78 is 59.2.